The third-order valence-electron chi connectivity index (χ3n) is 4.37. The highest BCUT2D eigenvalue weighted by molar-refractivity contribution is 6.31. The molecule has 3 rings (SSSR count). The fourth-order valence-electron chi connectivity index (χ4n) is 3.14. The van der Waals surface area contributed by atoms with Crippen LogP contribution in [0.4, 0.5) is 5.69 Å². The van der Waals surface area contributed by atoms with Crippen molar-refractivity contribution in [2.45, 2.75) is 32.1 Å². The van der Waals surface area contributed by atoms with Crippen molar-refractivity contribution >= 4 is 23.2 Å². The largest absolute Gasteiger partial charge is 0.327 e. The maximum absolute atomic E-state index is 12.5. The van der Waals surface area contributed by atoms with Crippen LogP contribution in [0.2, 0.25) is 5.02 Å². The molecule has 0 bridgehead atoms. The molecule has 128 valence electrons. The molecule has 1 fully saturated rings. The molecule has 6 nitrogen and oxygen atoms in total. The lowest BCUT2D eigenvalue weighted by Crippen LogP contribution is -3.13. The molecule has 2 aromatic rings. The van der Waals surface area contributed by atoms with Crippen LogP contribution in [-0.2, 0) is 4.79 Å². The highest BCUT2D eigenvalue weighted by atomic mass is 35.5. The van der Waals surface area contributed by atoms with Crippen LogP contribution in [-0.4, -0.2) is 40.3 Å². The molecule has 1 amide bonds. The molecule has 0 radical (unpaired) electrons. The Kier molecular flexibility index (Phi) is 5.82. The molecule has 0 atom stereocenters. The lowest BCUT2D eigenvalue weighted by atomic mass is 10.1. The van der Waals surface area contributed by atoms with Gasteiger partial charge in [-0.05, 0) is 43.9 Å². The van der Waals surface area contributed by atoms with E-state index in [0.29, 0.717) is 17.3 Å². The number of amides is 1. The van der Waals surface area contributed by atoms with Gasteiger partial charge in [-0.2, -0.15) is 5.10 Å². The lowest BCUT2D eigenvalue weighted by molar-refractivity contribution is -0.892. The number of anilines is 1. The van der Waals surface area contributed by atoms with Crippen LogP contribution in [0, 0.1) is 0 Å². The molecule has 24 heavy (non-hydrogen) atoms. The molecular weight excluding hydrogens is 326 g/mol. The predicted molar refractivity (Wildman–Crippen MR) is 93.6 cm³/mol. The van der Waals surface area contributed by atoms with Crippen molar-refractivity contribution in [3.05, 3.63) is 35.9 Å². The summed E-state index contributed by atoms with van der Waals surface area (Å²) in [6, 6.07) is 5.35. The van der Waals surface area contributed by atoms with Gasteiger partial charge in [0.05, 0.1) is 24.5 Å². The first-order valence-electron chi connectivity index (χ1n) is 8.50. The fraction of sp³-hybridized carbons (Fsp3) is 0.471. The van der Waals surface area contributed by atoms with Crippen LogP contribution in [0.25, 0.3) is 5.69 Å². The van der Waals surface area contributed by atoms with E-state index in [0.717, 1.165) is 18.8 Å². The number of likely N-dealkylation sites (tertiary alicyclic amines) is 1. The Hall–Kier alpha value is -1.92. The van der Waals surface area contributed by atoms with Gasteiger partial charge in [0.25, 0.3) is 5.91 Å². The Morgan fingerprint density at radius 2 is 1.96 bits per heavy atom. The van der Waals surface area contributed by atoms with E-state index in [9.17, 15) is 4.79 Å². The molecule has 2 N–H and O–H groups in total. The number of carbonyl (C=O) groups excluding carboxylic acids is 1. The van der Waals surface area contributed by atoms with Crippen LogP contribution in [0.3, 0.4) is 0 Å². The van der Waals surface area contributed by atoms with Crippen molar-refractivity contribution in [1.29, 1.82) is 0 Å². The van der Waals surface area contributed by atoms with Gasteiger partial charge in [-0.15, -0.1) is 0 Å². The SMILES string of the molecule is O=C(C[NH+]1CCCCCCC1)Nc1cc(Cl)ccc1-n1cncn1. The first-order valence-corrected chi connectivity index (χ1v) is 8.88. The van der Waals surface area contributed by atoms with Crippen molar-refractivity contribution in [2.75, 3.05) is 25.0 Å². The summed E-state index contributed by atoms with van der Waals surface area (Å²) in [5.74, 6) is 0.00852. The molecule has 1 aromatic heterocycles. The summed E-state index contributed by atoms with van der Waals surface area (Å²) in [4.78, 5) is 17.8. The van der Waals surface area contributed by atoms with Crippen molar-refractivity contribution in [1.82, 2.24) is 14.8 Å². The first kappa shape index (κ1) is 16.9. The third kappa shape index (κ3) is 4.55. The topological polar surface area (TPSA) is 64.2 Å². The summed E-state index contributed by atoms with van der Waals surface area (Å²) in [5.41, 5.74) is 1.41. The molecule has 1 aliphatic heterocycles. The van der Waals surface area contributed by atoms with E-state index >= 15 is 0 Å². The molecule has 0 saturated carbocycles. The zero-order valence-electron chi connectivity index (χ0n) is 13.7. The summed E-state index contributed by atoms with van der Waals surface area (Å²) in [6.07, 6.45) is 9.33. The number of hydrogen-bond acceptors (Lipinski definition) is 3. The van der Waals surface area contributed by atoms with E-state index in [-0.39, 0.29) is 5.91 Å². The normalized spacial score (nSPS) is 16.4. The lowest BCUT2D eigenvalue weighted by Gasteiger charge is -2.21. The Balaban J connectivity index is 1.68. The minimum Gasteiger partial charge on any atom is -0.327 e. The van der Waals surface area contributed by atoms with Crippen LogP contribution >= 0.6 is 11.6 Å². The van der Waals surface area contributed by atoms with Crippen LogP contribution < -0.4 is 10.2 Å². The maximum atomic E-state index is 12.5. The number of hydrogen-bond donors (Lipinski definition) is 2. The molecule has 1 aromatic carbocycles. The summed E-state index contributed by atoms with van der Waals surface area (Å²) < 4.78 is 1.62. The van der Waals surface area contributed by atoms with Crippen LogP contribution in [0.1, 0.15) is 32.1 Å². The van der Waals surface area contributed by atoms with Crippen molar-refractivity contribution in [3.8, 4) is 5.69 Å². The fourth-order valence-corrected chi connectivity index (χ4v) is 3.32. The second-order valence-electron chi connectivity index (χ2n) is 6.24. The number of benzene rings is 1. The van der Waals surface area contributed by atoms with E-state index in [1.54, 1.807) is 23.1 Å². The van der Waals surface area contributed by atoms with E-state index in [1.165, 1.54) is 43.3 Å². The Bertz CT molecular complexity index is 666. The number of rotatable bonds is 4. The van der Waals surface area contributed by atoms with E-state index in [4.69, 9.17) is 11.6 Å². The average molecular weight is 349 g/mol. The number of nitrogens with zero attached hydrogens (tertiary/aromatic N) is 3. The number of aromatic nitrogens is 3. The van der Waals surface area contributed by atoms with Gasteiger partial charge >= 0.3 is 0 Å². The Labute approximate surface area is 146 Å². The van der Waals surface area contributed by atoms with Gasteiger partial charge in [0.1, 0.15) is 12.7 Å². The average Bonchev–Trinajstić information content (AvgIpc) is 3.04. The highest BCUT2D eigenvalue weighted by Gasteiger charge is 2.17. The standard InChI is InChI=1S/C17H22ClN5O/c18-14-6-7-16(23-13-19-12-20-23)15(10-14)21-17(24)11-22-8-4-2-1-3-5-9-22/h6-7,10,12-13H,1-5,8-9,11H2,(H,21,24)/p+1. The van der Waals surface area contributed by atoms with Gasteiger partial charge in [0, 0.05) is 5.02 Å². The molecule has 0 spiro atoms. The Morgan fingerprint density at radius 3 is 2.67 bits per heavy atom. The van der Waals surface area contributed by atoms with E-state index in [2.05, 4.69) is 15.4 Å². The van der Waals surface area contributed by atoms with Gasteiger partial charge in [-0.1, -0.05) is 18.0 Å². The predicted octanol–water partition coefficient (Wildman–Crippen LogP) is 1.71. The summed E-state index contributed by atoms with van der Waals surface area (Å²) in [7, 11) is 0. The Morgan fingerprint density at radius 1 is 1.21 bits per heavy atom. The minimum absolute atomic E-state index is 0.00852. The number of carbonyl (C=O) groups is 1. The number of nitrogens with one attached hydrogen (secondary N) is 2. The molecule has 0 unspecified atom stereocenters. The minimum atomic E-state index is 0.00852. The summed E-state index contributed by atoms with van der Waals surface area (Å²) >= 11 is 6.09. The third-order valence-corrected chi connectivity index (χ3v) is 4.60. The van der Waals surface area contributed by atoms with Gasteiger partial charge in [-0.25, -0.2) is 9.67 Å². The molecular formula is C17H23ClN5O+. The summed E-state index contributed by atoms with van der Waals surface area (Å²) in [5, 5.41) is 7.70. The summed E-state index contributed by atoms with van der Waals surface area (Å²) in [6.45, 7) is 2.63. The van der Waals surface area contributed by atoms with Crippen molar-refractivity contribution < 1.29 is 9.69 Å². The molecule has 2 heterocycles. The second kappa shape index (κ2) is 8.26. The zero-order chi connectivity index (χ0) is 16.8. The van der Waals surface area contributed by atoms with E-state index < -0.39 is 0 Å². The van der Waals surface area contributed by atoms with Crippen LogP contribution in [0.5, 0.6) is 0 Å². The second-order valence-corrected chi connectivity index (χ2v) is 6.68. The van der Waals surface area contributed by atoms with Crippen molar-refractivity contribution in [2.24, 2.45) is 0 Å². The molecule has 7 heteroatoms. The molecule has 1 aliphatic rings. The van der Waals surface area contributed by atoms with Crippen molar-refractivity contribution in [3.63, 3.8) is 0 Å². The zero-order valence-corrected chi connectivity index (χ0v) is 14.4. The quantitative estimate of drug-likeness (QED) is 0.884. The smallest absolute Gasteiger partial charge is 0.279 e. The van der Waals surface area contributed by atoms with Gasteiger partial charge in [-0.3, -0.25) is 4.79 Å². The monoisotopic (exact) mass is 348 g/mol. The van der Waals surface area contributed by atoms with Crippen LogP contribution in [0.15, 0.2) is 30.9 Å². The van der Waals surface area contributed by atoms with Gasteiger partial charge < -0.3 is 10.2 Å². The highest BCUT2D eigenvalue weighted by Crippen LogP contribution is 2.23. The van der Waals surface area contributed by atoms with E-state index in [1.807, 2.05) is 6.07 Å². The van der Waals surface area contributed by atoms with Gasteiger partial charge in [0.15, 0.2) is 6.54 Å². The number of quaternary nitrogens is 1. The molecule has 1 saturated heterocycles. The van der Waals surface area contributed by atoms with Gasteiger partial charge in [0.2, 0.25) is 0 Å². The first-order chi connectivity index (χ1) is 11.7. The number of halogens is 1. The maximum Gasteiger partial charge on any atom is 0.279 e. The molecule has 0 aliphatic carbocycles.